The Bertz CT molecular complexity index is 788. The lowest BCUT2D eigenvalue weighted by molar-refractivity contribution is -0.172. The van der Waals surface area contributed by atoms with Crippen LogP contribution in [0.5, 0.6) is 0 Å². The Labute approximate surface area is 153 Å². The molecule has 0 radical (unpaired) electrons. The summed E-state index contributed by atoms with van der Waals surface area (Å²) >= 11 is 0. The number of hydrogen-bond acceptors (Lipinski definition) is 8. The maximum absolute atomic E-state index is 12.1. The Morgan fingerprint density at radius 3 is 2.30 bits per heavy atom. The molecule has 1 aromatic rings. The summed E-state index contributed by atoms with van der Waals surface area (Å²) in [6.45, 7) is 0. The van der Waals surface area contributed by atoms with Crippen LogP contribution in [-0.4, -0.2) is 53.1 Å². The highest BCUT2D eigenvalue weighted by Crippen LogP contribution is 2.15. The van der Waals surface area contributed by atoms with Crippen LogP contribution >= 0.6 is 0 Å². The van der Waals surface area contributed by atoms with Crippen LogP contribution in [0.2, 0.25) is 0 Å². The molecule has 10 heteroatoms. The van der Waals surface area contributed by atoms with Crippen LogP contribution in [0.25, 0.3) is 0 Å². The molecule has 1 saturated heterocycles. The van der Waals surface area contributed by atoms with E-state index in [1.54, 1.807) is 0 Å². The number of carbonyl (C=O) groups excluding carboxylic acids is 6. The fraction of sp³-hybridized carbons (Fsp3) is 0.294. The molecule has 1 aliphatic rings. The van der Waals surface area contributed by atoms with Crippen LogP contribution in [0.1, 0.15) is 46.4 Å². The van der Waals surface area contributed by atoms with Crippen LogP contribution in [-0.2, 0) is 28.9 Å². The first-order valence-corrected chi connectivity index (χ1v) is 7.94. The molecule has 0 bridgehead atoms. The van der Waals surface area contributed by atoms with Gasteiger partial charge in [-0.1, -0.05) is 6.07 Å². The Kier molecular flexibility index (Phi) is 6.36. The SMILES string of the molecule is CN(OC(=O)c1cccc(C(=O)ON2C(=O)CCC2=O)c1)C(=O)CCC=O. The van der Waals surface area contributed by atoms with E-state index >= 15 is 0 Å². The highest BCUT2D eigenvalue weighted by atomic mass is 16.7. The summed E-state index contributed by atoms with van der Waals surface area (Å²) in [6, 6.07) is 5.17. The van der Waals surface area contributed by atoms with E-state index in [0.29, 0.717) is 16.4 Å². The van der Waals surface area contributed by atoms with Crippen LogP contribution in [0.4, 0.5) is 0 Å². The molecular weight excluding hydrogens is 360 g/mol. The number of hydrogen-bond donors (Lipinski definition) is 0. The van der Waals surface area contributed by atoms with Crippen LogP contribution in [0.3, 0.4) is 0 Å². The fourth-order valence-electron chi connectivity index (χ4n) is 2.13. The first-order valence-electron chi connectivity index (χ1n) is 7.94. The summed E-state index contributed by atoms with van der Waals surface area (Å²) in [6.07, 6.45) is 0.373. The maximum atomic E-state index is 12.1. The highest BCUT2D eigenvalue weighted by Gasteiger charge is 2.33. The van der Waals surface area contributed by atoms with Crippen molar-refractivity contribution in [2.75, 3.05) is 7.05 Å². The molecule has 0 unspecified atom stereocenters. The predicted octanol–water partition coefficient (Wildman–Crippen LogP) is 0.417. The quantitative estimate of drug-likeness (QED) is 0.397. The zero-order valence-electron chi connectivity index (χ0n) is 14.4. The molecule has 10 nitrogen and oxygen atoms in total. The zero-order valence-corrected chi connectivity index (χ0v) is 14.4. The summed E-state index contributed by atoms with van der Waals surface area (Å²) in [7, 11) is 1.22. The Hall–Kier alpha value is -3.56. The van der Waals surface area contributed by atoms with Crippen LogP contribution in [0.15, 0.2) is 24.3 Å². The second kappa shape index (κ2) is 8.70. The van der Waals surface area contributed by atoms with Gasteiger partial charge in [-0.25, -0.2) is 9.59 Å². The molecule has 0 N–H and O–H groups in total. The number of nitrogens with zero attached hydrogens (tertiary/aromatic N) is 2. The number of imide groups is 1. The number of rotatable bonds is 6. The van der Waals surface area contributed by atoms with Gasteiger partial charge < -0.3 is 14.5 Å². The summed E-state index contributed by atoms with van der Waals surface area (Å²) in [5.41, 5.74) is -0.148. The molecule has 1 fully saturated rings. The van der Waals surface area contributed by atoms with Crippen LogP contribution in [0, 0.1) is 0 Å². The molecule has 1 aliphatic heterocycles. The lowest BCUT2D eigenvalue weighted by Crippen LogP contribution is -2.32. The van der Waals surface area contributed by atoms with E-state index < -0.39 is 29.7 Å². The van der Waals surface area contributed by atoms with Crippen molar-refractivity contribution in [3.63, 3.8) is 0 Å². The van der Waals surface area contributed by atoms with Gasteiger partial charge in [-0.05, 0) is 18.2 Å². The van der Waals surface area contributed by atoms with Gasteiger partial charge in [0.05, 0.1) is 11.1 Å². The molecular formula is C17H16N2O8. The summed E-state index contributed by atoms with van der Waals surface area (Å²) < 4.78 is 0. The van der Waals surface area contributed by atoms with Gasteiger partial charge in [-0.3, -0.25) is 14.4 Å². The average molecular weight is 376 g/mol. The first kappa shape index (κ1) is 19.8. The normalized spacial score (nSPS) is 13.3. The number of carbonyl (C=O) groups is 6. The highest BCUT2D eigenvalue weighted by molar-refractivity contribution is 6.03. The zero-order chi connectivity index (χ0) is 20.0. The average Bonchev–Trinajstić information content (AvgIpc) is 2.97. The van der Waals surface area contributed by atoms with Crippen molar-refractivity contribution in [3.8, 4) is 0 Å². The minimum absolute atomic E-state index is 0.00398. The molecule has 142 valence electrons. The maximum Gasteiger partial charge on any atom is 0.363 e. The second-order valence-corrected chi connectivity index (χ2v) is 5.52. The number of benzene rings is 1. The molecule has 0 spiro atoms. The van der Waals surface area contributed by atoms with E-state index in [2.05, 4.69) is 0 Å². The van der Waals surface area contributed by atoms with Gasteiger partial charge in [0.2, 0.25) is 0 Å². The minimum atomic E-state index is -0.997. The molecule has 27 heavy (non-hydrogen) atoms. The summed E-state index contributed by atoms with van der Waals surface area (Å²) in [5, 5.41) is 1.09. The van der Waals surface area contributed by atoms with E-state index in [9.17, 15) is 28.8 Å². The molecule has 2 rings (SSSR count). The largest absolute Gasteiger partial charge is 0.363 e. The van der Waals surface area contributed by atoms with Gasteiger partial charge in [0.1, 0.15) is 6.29 Å². The summed E-state index contributed by atoms with van der Waals surface area (Å²) in [5.74, 6) is -3.74. The molecule has 0 atom stereocenters. The van der Waals surface area contributed by atoms with Crippen molar-refractivity contribution in [1.82, 2.24) is 10.1 Å². The topological polar surface area (TPSA) is 127 Å². The van der Waals surface area contributed by atoms with Crippen molar-refractivity contribution < 1.29 is 38.4 Å². The van der Waals surface area contributed by atoms with Crippen molar-refractivity contribution in [3.05, 3.63) is 35.4 Å². The smallest absolute Gasteiger partial charge is 0.333 e. The lowest BCUT2D eigenvalue weighted by Gasteiger charge is -2.16. The first-order chi connectivity index (χ1) is 12.8. The van der Waals surface area contributed by atoms with E-state index in [-0.39, 0.29) is 36.8 Å². The third-order valence-electron chi connectivity index (χ3n) is 3.56. The third-order valence-corrected chi connectivity index (χ3v) is 3.56. The predicted molar refractivity (Wildman–Crippen MR) is 86.4 cm³/mol. The number of aldehydes is 1. The molecule has 0 aromatic heterocycles. The Morgan fingerprint density at radius 2 is 1.70 bits per heavy atom. The Morgan fingerprint density at radius 1 is 1.11 bits per heavy atom. The standard InChI is InChI=1S/C17H16N2O8/c1-18(13(21)6-3-9-20)26-16(24)11-4-2-5-12(10-11)17(25)27-19-14(22)7-8-15(19)23/h2,4-5,9-10H,3,6-8H2,1H3. The molecule has 0 saturated carbocycles. The summed E-state index contributed by atoms with van der Waals surface area (Å²) in [4.78, 5) is 78.7. The Balaban J connectivity index is 2.03. The van der Waals surface area contributed by atoms with E-state index in [0.717, 1.165) is 6.07 Å². The second-order valence-electron chi connectivity index (χ2n) is 5.52. The van der Waals surface area contributed by atoms with Crippen molar-refractivity contribution >= 4 is 35.9 Å². The fourth-order valence-corrected chi connectivity index (χ4v) is 2.13. The number of hydroxylamine groups is 4. The van der Waals surface area contributed by atoms with Gasteiger partial charge in [-0.2, -0.15) is 5.06 Å². The monoisotopic (exact) mass is 376 g/mol. The van der Waals surface area contributed by atoms with Crippen LogP contribution < -0.4 is 0 Å². The van der Waals surface area contributed by atoms with E-state index in [4.69, 9.17) is 9.68 Å². The molecule has 0 aliphatic carbocycles. The van der Waals surface area contributed by atoms with Gasteiger partial charge in [-0.15, -0.1) is 5.06 Å². The van der Waals surface area contributed by atoms with E-state index in [1.165, 1.54) is 25.2 Å². The van der Waals surface area contributed by atoms with Crippen molar-refractivity contribution in [1.29, 1.82) is 0 Å². The third kappa shape index (κ3) is 4.97. The van der Waals surface area contributed by atoms with Crippen molar-refractivity contribution in [2.45, 2.75) is 25.7 Å². The lowest BCUT2D eigenvalue weighted by atomic mass is 10.1. The van der Waals surface area contributed by atoms with Gasteiger partial charge in [0.15, 0.2) is 0 Å². The minimum Gasteiger partial charge on any atom is -0.333 e. The number of amides is 3. The molecule has 1 aromatic carbocycles. The van der Waals surface area contributed by atoms with Gasteiger partial charge >= 0.3 is 11.9 Å². The van der Waals surface area contributed by atoms with Crippen molar-refractivity contribution in [2.24, 2.45) is 0 Å². The molecule has 1 heterocycles. The van der Waals surface area contributed by atoms with E-state index in [1.807, 2.05) is 0 Å². The van der Waals surface area contributed by atoms with Gasteiger partial charge in [0.25, 0.3) is 17.7 Å². The van der Waals surface area contributed by atoms with Gasteiger partial charge in [0, 0.05) is 32.7 Å². The molecule has 3 amide bonds.